The highest BCUT2D eigenvalue weighted by Gasteiger charge is 2.23. The van der Waals surface area contributed by atoms with Crippen molar-refractivity contribution in [2.75, 3.05) is 7.11 Å². The lowest BCUT2D eigenvalue weighted by Gasteiger charge is -2.22. The van der Waals surface area contributed by atoms with Crippen molar-refractivity contribution < 1.29 is 9.13 Å². The van der Waals surface area contributed by atoms with E-state index in [-0.39, 0.29) is 11.2 Å². The van der Waals surface area contributed by atoms with Gasteiger partial charge in [-0.25, -0.2) is 4.39 Å². The highest BCUT2D eigenvalue weighted by Crippen LogP contribution is 2.44. The number of benzene rings is 2. The monoisotopic (exact) mass is 328 g/mol. The quantitative estimate of drug-likeness (QED) is 0.534. The third-order valence-electron chi connectivity index (χ3n) is 4.14. The first-order valence-corrected chi connectivity index (χ1v) is 8.51. The van der Waals surface area contributed by atoms with E-state index in [1.165, 1.54) is 21.0 Å². The Kier molecular flexibility index (Phi) is 3.93. The summed E-state index contributed by atoms with van der Waals surface area (Å²) in [6.45, 7) is 8.19. The van der Waals surface area contributed by atoms with E-state index in [1.807, 2.05) is 39.0 Å². The van der Waals surface area contributed by atoms with Gasteiger partial charge in [0.1, 0.15) is 11.6 Å². The molecule has 3 heteroatoms. The largest absolute Gasteiger partial charge is 0.496 e. The maximum absolute atomic E-state index is 14.5. The third-order valence-corrected chi connectivity index (χ3v) is 5.22. The van der Waals surface area contributed by atoms with Crippen molar-refractivity contribution in [1.29, 1.82) is 0 Å². The molecule has 0 unspecified atom stereocenters. The van der Waals surface area contributed by atoms with Crippen molar-refractivity contribution in [1.82, 2.24) is 0 Å². The van der Waals surface area contributed by atoms with Crippen LogP contribution in [0.4, 0.5) is 4.39 Å². The Bertz CT molecular complexity index is 871. The fraction of sp³-hybridized carbons (Fsp3) is 0.300. The lowest BCUT2D eigenvalue weighted by atomic mass is 9.84. The topological polar surface area (TPSA) is 9.23 Å². The van der Waals surface area contributed by atoms with Gasteiger partial charge in [0.2, 0.25) is 0 Å². The van der Waals surface area contributed by atoms with Gasteiger partial charge in [-0.1, -0.05) is 39.0 Å². The number of hydrogen-bond acceptors (Lipinski definition) is 2. The molecule has 1 nitrogen and oxygen atoms in total. The van der Waals surface area contributed by atoms with Crippen LogP contribution in [0.25, 0.3) is 21.2 Å². The minimum Gasteiger partial charge on any atom is -0.496 e. The molecule has 0 fully saturated rings. The van der Waals surface area contributed by atoms with E-state index < -0.39 is 0 Å². The average molecular weight is 328 g/mol. The molecule has 0 atom stereocenters. The standard InChI is InChI=1S/C20H21FOS/c1-12-19(13-8-6-7-9-18(13)23-12)14-10-15(20(2,3)4)16(21)11-17(14)22-5/h6-11H,1-5H3. The molecule has 0 saturated heterocycles. The van der Waals surface area contributed by atoms with Gasteiger partial charge in [0.05, 0.1) is 7.11 Å². The lowest BCUT2D eigenvalue weighted by molar-refractivity contribution is 0.410. The Morgan fingerprint density at radius 1 is 1.09 bits per heavy atom. The predicted molar refractivity (Wildman–Crippen MR) is 97.2 cm³/mol. The molecule has 0 aliphatic heterocycles. The summed E-state index contributed by atoms with van der Waals surface area (Å²) in [6.07, 6.45) is 0. The minimum absolute atomic E-state index is 0.213. The summed E-state index contributed by atoms with van der Waals surface area (Å²) in [5.41, 5.74) is 2.56. The summed E-state index contributed by atoms with van der Waals surface area (Å²) in [5, 5.41) is 1.19. The van der Waals surface area contributed by atoms with E-state index in [4.69, 9.17) is 4.74 Å². The molecule has 0 bridgehead atoms. The van der Waals surface area contributed by atoms with Gasteiger partial charge in [0, 0.05) is 32.2 Å². The zero-order valence-electron chi connectivity index (χ0n) is 14.2. The molecule has 1 aromatic heterocycles. The molecule has 0 amide bonds. The first-order valence-electron chi connectivity index (χ1n) is 7.69. The molecule has 0 aliphatic rings. The van der Waals surface area contributed by atoms with E-state index in [1.54, 1.807) is 18.4 Å². The Morgan fingerprint density at radius 3 is 2.43 bits per heavy atom. The molecule has 1 heterocycles. The molecule has 0 aliphatic carbocycles. The molecule has 2 aromatic carbocycles. The van der Waals surface area contributed by atoms with Gasteiger partial charge >= 0.3 is 0 Å². The number of rotatable bonds is 2. The first kappa shape index (κ1) is 16.0. The van der Waals surface area contributed by atoms with Crippen LogP contribution in [0.1, 0.15) is 31.2 Å². The predicted octanol–water partition coefficient (Wildman–Crippen LogP) is 6.32. The van der Waals surface area contributed by atoms with Crippen molar-refractivity contribution in [3.05, 3.63) is 52.7 Å². The minimum atomic E-state index is -0.259. The molecular weight excluding hydrogens is 307 g/mol. The van der Waals surface area contributed by atoms with Crippen LogP contribution in [0.2, 0.25) is 0 Å². The lowest BCUT2D eigenvalue weighted by Crippen LogP contribution is -2.14. The third kappa shape index (κ3) is 2.74. The summed E-state index contributed by atoms with van der Waals surface area (Å²) < 4.78 is 21.2. The van der Waals surface area contributed by atoms with Gasteiger partial charge in [0.15, 0.2) is 0 Å². The smallest absolute Gasteiger partial charge is 0.130 e. The molecular formula is C20H21FOS. The maximum atomic E-state index is 14.5. The molecule has 23 heavy (non-hydrogen) atoms. The summed E-state index contributed by atoms with van der Waals surface area (Å²) in [5.74, 6) is 0.373. The zero-order chi connectivity index (χ0) is 16.8. The van der Waals surface area contributed by atoms with Gasteiger partial charge in [-0.3, -0.25) is 0 Å². The average Bonchev–Trinajstić information content (AvgIpc) is 2.81. The normalized spacial score (nSPS) is 11.9. The summed E-state index contributed by atoms with van der Waals surface area (Å²) in [6, 6.07) is 11.8. The Labute approximate surface area is 140 Å². The molecule has 3 aromatic rings. The van der Waals surface area contributed by atoms with E-state index >= 15 is 0 Å². The number of ether oxygens (including phenoxy) is 1. The fourth-order valence-electron chi connectivity index (χ4n) is 3.00. The molecule has 0 spiro atoms. The number of hydrogen-bond donors (Lipinski definition) is 0. The highest BCUT2D eigenvalue weighted by molar-refractivity contribution is 7.19. The van der Waals surface area contributed by atoms with E-state index in [2.05, 4.69) is 19.1 Å². The SMILES string of the molecule is COc1cc(F)c(C(C)(C)C)cc1-c1c(C)sc2ccccc12. The number of fused-ring (bicyclic) bond motifs is 1. The number of thiophene rings is 1. The number of halogens is 1. The molecule has 0 saturated carbocycles. The molecule has 0 radical (unpaired) electrons. The van der Waals surface area contributed by atoms with E-state index in [0.29, 0.717) is 11.3 Å². The maximum Gasteiger partial charge on any atom is 0.130 e. The van der Waals surface area contributed by atoms with Crippen LogP contribution in [0.15, 0.2) is 36.4 Å². The van der Waals surface area contributed by atoms with Crippen molar-refractivity contribution in [2.45, 2.75) is 33.1 Å². The van der Waals surface area contributed by atoms with Crippen LogP contribution < -0.4 is 4.74 Å². The summed E-state index contributed by atoms with van der Waals surface area (Å²) in [7, 11) is 1.60. The van der Waals surface area contributed by atoms with E-state index in [0.717, 1.165) is 11.1 Å². The molecule has 3 rings (SSSR count). The second kappa shape index (κ2) is 5.64. The van der Waals surface area contributed by atoms with Crippen LogP contribution >= 0.6 is 11.3 Å². The van der Waals surface area contributed by atoms with Crippen molar-refractivity contribution in [3.8, 4) is 16.9 Å². The van der Waals surface area contributed by atoms with Gasteiger partial charge in [-0.05, 0) is 30.0 Å². The van der Waals surface area contributed by atoms with Crippen LogP contribution in [0.3, 0.4) is 0 Å². The van der Waals surface area contributed by atoms with Crippen LogP contribution in [0.5, 0.6) is 5.75 Å². The summed E-state index contributed by atoms with van der Waals surface area (Å²) >= 11 is 1.76. The Morgan fingerprint density at radius 2 is 1.78 bits per heavy atom. The van der Waals surface area contributed by atoms with Crippen LogP contribution in [-0.4, -0.2) is 7.11 Å². The summed E-state index contributed by atoms with van der Waals surface area (Å²) in [4.78, 5) is 1.22. The van der Waals surface area contributed by atoms with E-state index in [9.17, 15) is 4.39 Å². The van der Waals surface area contributed by atoms with Gasteiger partial charge in [0.25, 0.3) is 0 Å². The second-order valence-corrected chi connectivity index (χ2v) is 8.07. The Hall–Kier alpha value is -1.87. The molecule has 120 valence electrons. The van der Waals surface area contributed by atoms with Gasteiger partial charge in [-0.15, -0.1) is 11.3 Å². The first-order chi connectivity index (χ1) is 10.8. The van der Waals surface area contributed by atoms with Crippen LogP contribution in [-0.2, 0) is 5.41 Å². The van der Waals surface area contributed by atoms with Crippen molar-refractivity contribution in [3.63, 3.8) is 0 Å². The van der Waals surface area contributed by atoms with Crippen molar-refractivity contribution >= 4 is 21.4 Å². The fourth-order valence-corrected chi connectivity index (χ4v) is 4.08. The Balaban J connectivity index is 2.36. The molecule has 0 N–H and O–H groups in total. The number of aryl methyl sites for hydroxylation is 1. The zero-order valence-corrected chi connectivity index (χ0v) is 15.0. The van der Waals surface area contributed by atoms with Crippen LogP contribution in [0, 0.1) is 12.7 Å². The number of methoxy groups -OCH3 is 1. The van der Waals surface area contributed by atoms with Crippen molar-refractivity contribution in [2.24, 2.45) is 0 Å². The van der Waals surface area contributed by atoms with Gasteiger partial charge < -0.3 is 4.74 Å². The highest BCUT2D eigenvalue weighted by atomic mass is 32.1. The van der Waals surface area contributed by atoms with Gasteiger partial charge in [-0.2, -0.15) is 0 Å². The second-order valence-electron chi connectivity index (χ2n) is 6.81.